The van der Waals surface area contributed by atoms with Gasteiger partial charge in [-0.15, -0.1) is 0 Å². The molecular formula is C15H24N2. The summed E-state index contributed by atoms with van der Waals surface area (Å²) in [5.41, 5.74) is 1.45. The van der Waals surface area contributed by atoms with Crippen LogP contribution in [0.25, 0.3) is 0 Å². The van der Waals surface area contributed by atoms with Gasteiger partial charge in [0.25, 0.3) is 0 Å². The minimum absolute atomic E-state index is 0.716. The average Bonchev–Trinajstić information content (AvgIpc) is 2.55. The van der Waals surface area contributed by atoms with Gasteiger partial charge in [-0.2, -0.15) is 0 Å². The molecule has 1 aromatic rings. The summed E-state index contributed by atoms with van der Waals surface area (Å²) in [5.74, 6) is 1.52. The van der Waals surface area contributed by atoms with E-state index in [1.54, 1.807) is 0 Å². The average molecular weight is 232 g/mol. The molecule has 0 spiro atoms. The Hall–Kier alpha value is -0.890. The van der Waals surface area contributed by atoms with E-state index in [1.165, 1.54) is 44.2 Å². The SMILES string of the molecule is CN(C)C[C@@H]1CCCCC[C@H]1c1cccnc1. The maximum atomic E-state index is 4.29. The zero-order valence-electron chi connectivity index (χ0n) is 11.1. The summed E-state index contributed by atoms with van der Waals surface area (Å²) in [6.45, 7) is 1.21. The van der Waals surface area contributed by atoms with Gasteiger partial charge >= 0.3 is 0 Å². The van der Waals surface area contributed by atoms with Crippen molar-refractivity contribution in [1.29, 1.82) is 0 Å². The van der Waals surface area contributed by atoms with Gasteiger partial charge in [0.2, 0.25) is 0 Å². The van der Waals surface area contributed by atoms with E-state index >= 15 is 0 Å². The van der Waals surface area contributed by atoms with Crippen LogP contribution in [-0.4, -0.2) is 30.5 Å². The van der Waals surface area contributed by atoms with Crippen LogP contribution in [0.2, 0.25) is 0 Å². The van der Waals surface area contributed by atoms with Crippen molar-refractivity contribution in [3.05, 3.63) is 30.1 Å². The molecule has 0 bridgehead atoms. The van der Waals surface area contributed by atoms with Crippen LogP contribution in [0.15, 0.2) is 24.5 Å². The van der Waals surface area contributed by atoms with E-state index in [2.05, 4.69) is 42.3 Å². The van der Waals surface area contributed by atoms with E-state index in [-0.39, 0.29) is 0 Å². The number of hydrogen-bond acceptors (Lipinski definition) is 2. The molecule has 0 aromatic carbocycles. The predicted octanol–water partition coefficient (Wildman–Crippen LogP) is 3.31. The molecule has 0 amide bonds. The van der Waals surface area contributed by atoms with Gasteiger partial charge in [0.1, 0.15) is 0 Å². The first-order chi connectivity index (χ1) is 8.27. The molecule has 0 unspecified atom stereocenters. The molecule has 1 fully saturated rings. The molecule has 0 radical (unpaired) electrons. The fourth-order valence-corrected chi connectivity index (χ4v) is 3.11. The summed E-state index contributed by atoms with van der Waals surface area (Å²) in [4.78, 5) is 6.62. The smallest absolute Gasteiger partial charge is 0.0302 e. The van der Waals surface area contributed by atoms with Crippen LogP contribution in [0.5, 0.6) is 0 Å². The van der Waals surface area contributed by atoms with E-state index in [4.69, 9.17) is 0 Å². The largest absolute Gasteiger partial charge is 0.309 e. The highest BCUT2D eigenvalue weighted by molar-refractivity contribution is 5.16. The normalized spacial score (nSPS) is 25.8. The van der Waals surface area contributed by atoms with Crippen LogP contribution in [0.1, 0.15) is 43.6 Å². The maximum absolute atomic E-state index is 4.29. The van der Waals surface area contributed by atoms with Crippen LogP contribution in [0, 0.1) is 5.92 Å². The Morgan fingerprint density at radius 1 is 1.24 bits per heavy atom. The summed E-state index contributed by atoms with van der Waals surface area (Å²) in [6, 6.07) is 4.33. The Morgan fingerprint density at radius 3 is 2.76 bits per heavy atom. The Morgan fingerprint density at radius 2 is 2.06 bits per heavy atom. The molecule has 1 aliphatic rings. The predicted molar refractivity (Wildman–Crippen MR) is 72.1 cm³/mol. The molecule has 1 heterocycles. The van der Waals surface area contributed by atoms with E-state index < -0.39 is 0 Å². The summed E-state index contributed by atoms with van der Waals surface area (Å²) in [7, 11) is 4.37. The third kappa shape index (κ3) is 3.53. The van der Waals surface area contributed by atoms with E-state index in [1.807, 2.05) is 6.20 Å². The van der Waals surface area contributed by atoms with Gasteiger partial charge in [-0.1, -0.05) is 25.3 Å². The molecule has 1 aromatic heterocycles. The van der Waals surface area contributed by atoms with Crippen molar-refractivity contribution in [2.24, 2.45) is 5.92 Å². The van der Waals surface area contributed by atoms with Crippen molar-refractivity contribution < 1.29 is 0 Å². The highest BCUT2D eigenvalue weighted by Crippen LogP contribution is 2.36. The fraction of sp³-hybridized carbons (Fsp3) is 0.667. The van der Waals surface area contributed by atoms with Gasteiger partial charge in [-0.25, -0.2) is 0 Å². The van der Waals surface area contributed by atoms with Crippen molar-refractivity contribution in [3.8, 4) is 0 Å². The third-order valence-electron chi connectivity index (χ3n) is 3.87. The molecule has 0 saturated heterocycles. The molecule has 0 aliphatic heterocycles. The number of hydrogen-bond donors (Lipinski definition) is 0. The van der Waals surface area contributed by atoms with Crippen LogP contribution < -0.4 is 0 Å². The topological polar surface area (TPSA) is 16.1 Å². The van der Waals surface area contributed by atoms with Crippen molar-refractivity contribution >= 4 is 0 Å². The van der Waals surface area contributed by atoms with Crippen molar-refractivity contribution in [2.75, 3.05) is 20.6 Å². The summed E-state index contributed by atoms with van der Waals surface area (Å²) in [6.07, 6.45) is 10.8. The second-order valence-corrected chi connectivity index (χ2v) is 5.55. The Kier molecular flexibility index (Phi) is 4.55. The van der Waals surface area contributed by atoms with Gasteiger partial charge in [-0.3, -0.25) is 4.98 Å². The lowest BCUT2D eigenvalue weighted by atomic mass is 9.83. The van der Waals surface area contributed by atoms with Crippen molar-refractivity contribution in [2.45, 2.75) is 38.0 Å². The maximum Gasteiger partial charge on any atom is 0.0302 e. The standard InChI is InChI=1S/C15H24N2/c1-17(2)12-14-7-4-3-5-9-15(14)13-8-6-10-16-11-13/h6,8,10-11,14-15H,3-5,7,9,12H2,1-2H3/t14-,15-/m0/s1. The van der Waals surface area contributed by atoms with Crippen LogP contribution in [-0.2, 0) is 0 Å². The number of pyridine rings is 1. The zero-order valence-corrected chi connectivity index (χ0v) is 11.1. The van der Waals surface area contributed by atoms with Crippen LogP contribution in [0.3, 0.4) is 0 Å². The summed E-state index contributed by atoms with van der Waals surface area (Å²) < 4.78 is 0. The molecule has 17 heavy (non-hydrogen) atoms. The second kappa shape index (κ2) is 6.15. The van der Waals surface area contributed by atoms with E-state index in [9.17, 15) is 0 Å². The monoisotopic (exact) mass is 232 g/mol. The number of nitrogens with zero attached hydrogens (tertiary/aromatic N) is 2. The molecule has 2 heteroatoms. The summed E-state index contributed by atoms with van der Waals surface area (Å²) in [5, 5.41) is 0. The highest BCUT2D eigenvalue weighted by Gasteiger charge is 2.25. The lowest BCUT2D eigenvalue weighted by molar-refractivity contribution is 0.277. The Labute approximate surface area is 105 Å². The summed E-state index contributed by atoms with van der Waals surface area (Å²) >= 11 is 0. The quantitative estimate of drug-likeness (QED) is 0.743. The highest BCUT2D eigenvalue weighted by atomic mass is 15.1. The molecule has 0 N–H and O–H groups in total. The second-order valence-electron chi connectivity index (χ2n) is 5.55. The molecule has 94 valence electrons. The van der Waals surface area contributed by atoms with E-state index in [0.717, 1.165) is 5.92 Å². The lowest BCUT2D eigenvalue weighted by Gasteiger charge is -2.28. The molecule has 2 nitrogen and oxygen atoms in total. The number of rotatable bonds is 3. The van der Waals surface area contributed by atoms with Gasteiger partial charge in [-0.05, 0) is 50.4 Å². The van der Waals surface area contributed by atoms with Crippen LogP contribution >= 0.6 is 0 Å². The Balaban J connectivity index is 2.14. The zero-order chi connectivity index (χ0) is 12.1. The fourth-order valence-electron chi connectivity index (χ4n) is 3.11. The lowest BCUT2D eigenvalue weighted by Crippen LogP contribution is -2.26. The Bertz CT molecular complexity index is 321. The van der Waals surface area contributed by atoms with Gasteiger partial charge in [0.15, 0.2) is 0 Å². The van der Waals surface area contributed by atoms with Crippen molar-refractivity contribution in [3.63, 3.8) is 0 Å². The molecule has 2 rings (SSSR count). The molecule has 1 saturated carbocycles. The first-order valence-electron chi connectivity index (χ1n) is 6.82. The minimum atomic E-state index is 0.716. The van der Waals surface area contributed by atoms with Crippen molar-refractivity contribution in [1.82, 2.24) is 9.88 Å². The van der Waals surface area contributed by atoms with Gasteiger partial charge in [0.05, 0.1) is 0 Å². The number of aromatic nitrogens is 1. The van der Waals surface area contributed by atoms with E-state index in [0.29, 0.717) is 5.92 Å². The minimum Gasteiger partial charge on any atom is -0.309 e. The van der Waals surface area contributed by atoms with Gasteiger partial charge < -0.3 is 4.90 Å². The molecule has 1 aliphatic carbocycles. The third-order valence-corrected chi connectivity index (χ3v) is 3.87. The first kappa shape index (κ1) is 12.6. The molecule has 2 atom stereocenters. The van der Waals surface area contributed by atoms with Crippen LogP contribution in [0.4, 0.5) is 0 Å². The molecular weight excluding hydrogens is 208 g/mol. The van der Waals surface area contributed by atoms with Gasteiger partial charge in [0, 0.05) is 18.9 Å². The first-order valence-corrected chi connectivity index (χ1v) is 6.82.